The number of anilines is 1. The van der Waals surface area contributed by atoms with Crippen molar-refractivity contribution in [1.29, 1.82) is 0 Å². The van der Waals surface area contributed by atoms with Crippen molar-refractivity contribution in [2.45, 2.75) is 39.0 Å². The van der Waals surface area contributed by atoms with Crippen molar-refractivity contribution >= 4 is 23.3 Å². The molecule has 0 spiro atoms. The highest BCUT2D eigenvalue weighted by Gasteiger charge is 2.32. The van der Waals surface area contributed by atoms with Crippen LogP contribution in [0.2, 0.25) is 0 Å². The number of amides is 3. The van der Waals surface area contributed by atoms with Crippen LogP contribution < -0.4 is 16.1 Å². The van der Waals surface area contributed by atoms with Gasteiger partial charge in [-0.05, 0) is 44.2 Å². The molecule has 3 N–H and O–H groups in total. The zero-order valence-electron chi connectivity index (χ0n) is 15.2. The lowest BCUT2D eigenvalue weighted by atomic mass is 9.93. The number of benzene rings is 1. The topological polar surface area (TPSA) is 101 Å². The summed E-state index contributed by atoms with van der Waals surface area (Å²) in [5.41, 5.74) is 11.8. The summed E-state index contributed by atoms with van der Waals surface area (Å²) in [5.74, 6) is 0.971. The number of nitrogens with one attached hydrogen (secondary N) is 1. The lowest BCUT2D eigenvalue weighted by Gasteiger charge is -2.28. The number of para-hydroxylation sites is 1. The Kier molecular flexibility index (Phi) is 4.43. The number of urea groups is 1. The van der Waals surface area contributed by atoms with Crippen molar-refractivity contribution in [3.05, 3.63) is 52.5 Å². The fourth-order valence-corrected chi connectivity index (χ4v) is 3.97. The molecule has 1 aliphatic heterocycles. The molecule has 4 rings (SSSR count). The summed E-state index contributed by atoms with van der Waals surface area (Å²) in [6, 6.07) is 7.28. The molecule has 2 aliphatic rings. The molecule has 0 fully saturated rings. The molecule has 7 heteroatoms. The summed E-state index contributed by atoms with van der Waals surface area (Å²) in [5, 5.41) is 4.11. The predicted octanol–water partition coefficient (Wildman–Crippen LogP) is 2.89. The summed E-state index contributed by atoms with van der Waals surface area (Å²) in [6.07, 6.45) is 4.20. The monoisotopic (exact) mass is 366 g/mol. The van der Waals surface area contributed by atoms with Crippen LogP contribution in [0.5, 0.6) is 0 Å². The van der Waals surface area contributed by atoms with Gasteiger partial charge in [0.05, 0.1) is 5.71 Å². The first kappa shape index (κ1) is 17.3. The molecule has 27 heavy (non-hydrogen) atoms. The molecule has 0 radical (unpaired) electrons. The van der Waals surface area contributed by atoms with Crippen LogP contribution in [0.3, 0.4) is 0 Å². The average Bonchev–Trinajstić information content (AvgIpc) is 3.02. The van der Waals surface area contributed by atoms with Crippen LogP contribution >= 0.6 is 0 Å². The molecular formula is C20H22N4O3. The maximum absolute atomic E-state index is 13.3. The van der Waals surface area contributed by atoms with Crippen molar-refractivity contribution in [2.24, 2.45) is 10.8 Å². The Morgan fingerprint density at radius 1 is 1.19 bits per heavy atom. The normalized spacial score (nSPS) is 17.4. The summed E-state index contributed by atoms with van der Waals surface area (Å²) < 4.78 is 5.99. The van der Waals surface area contributed by atoms with E-state index in [4.69, 9.17) is 10.2 Å². The van der Waals surface area contributed by atoms with Crippen LogP contribution in [-0.2, 0) is 12.8 Å². The Bertz CT molecular complexity index is 945. The van der Waals surface area contributed by atoms with E-state index in [-0.39, 0.29) is 5.91 Å². The summed E-state index contributed by atoms with van der Waals surface area (Å²) >= 11 is 0. The van der Waals surface area contributed by atoms with Crippen molar-refractivity contribution < 1.29 is 14.0 Å². The Labute approximate surface area is 157 Å². The highest BCUT2D eigenvalue weighted by molar-refractivity contribution is 6.10. The first-order chi connectivity index (χ1) is 13.1. The minimum absolute atomic E-state index is 0.128. The molecule has 0 unspecified atom stereocenters. The van der Waals surface area contributed by atoms with Gasteiger partial charge in [0.2, 0.25) is 0 Å². The van der Waals surface area contributed by atoms with E-state index in [9.17, 15) is 9.59 Å². The molecule has 0 atom stereocenters. The third-order valence-corrected chi connectivity index (χ3v) is 5.18. The van der Waals surface area contributed by atoms with E-state index in [2.05, 4.69) is 16.6 Å². The highest BCUT2D eigenvalue weighted by atomic mass is 16.4. The molecule has 140 valence electrons. The summed E-state index contributed by atoms with van der Waals surface area (Å²) in [4.78, 5) is 26.1. The quantitative estimate of drug-likeness (QED) is 0.799. The van der Waals surface area contributed by atoms with Crippen LogP contribution in [-0.4, -0.2) is 24.2 Å². The second-order valence-corrected chi connectivity index (χ2v) is 6.93. The van der Waals surface area contributed by atoms with Crippen molar-refractivity contribution in [3.63, 3.8) is 0 Å². The smallest absolute Gasteiger partial charge is 0.332 e. The van der Waals surface area contributed by atoms with Gasteiger partial charge >= 0.3 is 6.03 Å². The SMILES string of the molecule is Cc1c(C(=O)N2CCCc3ccccc32)oc2c1/C(=N/NC(N)=O)CCC2. The van der Waals surface area contributed by atoms with Gasteiger partial charge in [-0.15, -0.1) is 0 Å². The Morgan fingerprint density at radius 3 is 2.81 bits per heavy atom. The van der Waals surface area contributed by atoms with Gasteiger partial charge in [-0.2, -0.15) is 5.10 Å². The number of nitrogens with zero attached hydrogens (tertiary/aromatic N) is 2. The molecule has 0 saturated carbocycles. The lowest BCUT2D eigenvalue weighted by Crippen LogP contribution is -2.35. The van der Waals surface area contributed by atoms with Gasteiger partial charge in [0, 0.05) is 29.8 Å². The standard InChI is InChI=1S/C20H22N4O3/c1-12-17-14(22-23-20(21)26)8-4-10-16(17)27-18(12)19(25)24-11-5-7-13-6-2-3-9-15(13)24/h2-3,6,9H,4-5,7-8,10-11H2,1H3,(H3,21,23,26)/b22-14+. The van der Waals surface area contributed by atoms with Gasteiger partial charge in [0.15, 0.2) is 5.76 Å². The number of carbonyl (C=O) groups is 2. The Hall–Kier alpha value is -3.09. The molecule has 2 heterocycles. The van der Waals surface area contributed by atoms with Crippen LogP contribution in [0.4, 0.5) is 10.5 Å². The van der Waals surface area contributed by atoms with Crippen LogP contribution in [0.1, 0.15) is 52.3 Å². The molecule has 7 nitrogen and oxygen atoms in total. The maximum Gasteiger partial charge on any atom is 0.332 e. The number of rotatable bonds is 2. The number of carbonyl (C=O) groups excluding carboxylic acids is 2. The first-order valence-electron chi connectivity index (χ1n) is 9.20. The number of aryl methyl sites for hydroxylation is 2. The van der Waals surface area contributed by atoms with Gasteiger partial charge in [-0.1, -0.05) is 18.2 Å². The second kappa shape index (κ2) is 6.90. The fourth-order valence-electron chi connectivity index (χ4n) is 3.97. The van der Waals surface area contributed by atoms with Crippen LogP contribution in [0.25, 0.3) is 0 Å². The van der Waals surface area contributed by atoms with E-state index in [1.165, 1.54) is 5.56 Å². The van der Waals surface area contributed by atoms with Gasteiger partial charge < -0.3 is 15.1 Å². The number of fused-ring (bicyclic) bond motifs is 2. The van der Waals surface area contributed by atoms with E-state index in [1.54, 1.807) is 4.90 Å². The average molecular weight is 366 g/mol. The number of primary amides is 1. The molecule has 3 amide bonds. The minimum atomic E-state index is -0.711. The van der Waals surface area contributed by atoms with Crippen LogP contribution in [0.15, 0.2) is 33.8 Å². The third-order valence-electron chi connectivity index (χ3n) is 5.18. The fraction of sp³-hybridized carbons (Fsp3) is 0.350. The lowest BCUT2D eigenvalue weighted by molar-refractivity contribution is 0.0955. The predicted molar refractivity (Wildman–Crippen MR) is 102 cm³/mol. The molecule has 1 aromatic heterocycles. The third kappa shape index (κ3) is 3.09. The van der Waals surface area contributed by atoms with Crippen molar-refractivity contribution in [1.82, 2.24) is 5.43 Å². The zero-order valence-corrected chi connectivity index (χ0v) is 15.2. The molecule has 2 aromatic rings. The highest BCUT2D eigenvalue weighted by Crippen LogP contribution is 2.33. The van der Waals surface area contributed by atoms with Crippen molar-refractivity contribution in [2.75, 3.05) is 11.4 Å². The molecule has 0 bridgehead atoms. The summed E-state index contributed by atoms with van der Waals surface area (Å²) in [7, 11) is 0. The molecular weight excluding hydrogens is 344 g/mol. The largest absolute Gasteiger partial charge is 0.455 e. The van der Waals surface area contributed by atoms with E-state index >= 15 is 0 Å². The van der Waals surface area contributed by atoms with E-state index < -0.39 is 6.03 Å². The van der Waals surface area contributed by atoms with Crippen LogP contribution in [0, 0.1) is 6.92 Å². The number of furan rings is 1. The van der Waals surface area contributed by atoms with Gasteiger partial charge in [-0.3, -0.25) is 4.79 Å². The molecule has 1 aliphatic carbocycles. The Morgan fingerprint density at radius 2 is 2.00 bits per heavy atom. The number of nitrogens with two attached hydrogens (primary N) is 1. The second-order valence-electron chi connectivity index (χ2n) is 6.93. The maximum atomic E-state index is 13.3. The summed E-state index contributed by atoms with van der Waals surface area (Å²) in [6.45, 7) is 2.54. The van der Waals surface area contributed by atoms with Gasteiger partial charge in [0.1, 0.15) is 5.76 Å². The number of hydrazone groups is 1. The zero-order chi connectivity index (χ0) is 19.0. The minimum Gasteiger partial charge on any atom is -0.455 e. The Balaban J connectivity index is 1.71. The molecule has 1 aromatic carbocycles. The van der Waals surface area contributed by atoms with E-state index in [0.717, 1.165) is 48.3 Å². The van der Waals surface area contributed by atoms with E-state index in [0.29, 0.717) is 24.4 Å². The number of hydrogen-bond acceptors (Lipinski definition) is 4. The van der Waals surface area contributed by atoms with Gasteiger partial charge in [0.25, 0.3) is 5.91 Å². The van der Waals surface area contributed by atoms with Gasteiger partial charge in [-0.25, -0.2) is 10.2 Å². The molecule has 0 saturated heterocycles. The first-order valence-corrected chi connectivity index (χ1v) is 9.20. The number of hydrogen-bond donors (Lipinski definition) is 2. The van der Waals surface area contributed by atoms with E-state index in [1.807, 2.05) is 25.1 Å². The van der Waals surface area contributed by atoms with Crippen molar-refractivity contribution in [3.8, 4) is 0 Å².